The number of aromatic nitrogens is 1. The monoisotopic (exact) mass is 786 g/mol. The molecule has 0 saturated heterocycles. The summed E-state index contributed by atoms with van der Waals surface area (Å²) in [4.78, 5) is 5.61. The van der Waals surface area contributed by atoms with Crippen molar-refractivity contribution in [2.75, 3.05) is 42.6 Å². The van der Waals surface area contributed by atoms with Crippen molar-refractivity contribution < 1.29 is 30.5 Å². The number of aryl methyl sites for hydroxylation is 3. The molecule has 0 saturated carbocycles. The fourth-order valence-corrected chi connectivity index (χ4v) is 10.5. The summed E-state index contributed by atoms with van der Waals surface area (Å²) >= 11 is 3.32. The van der Waals surface area contributed by atoms with Gasteiger partial charge in [0.05, 0.1) is 22.2 Å². The van der Waals surface area contributed by atoms with E-state index in [0.29, 0.717) is 19.5 Å². The van der Waals surface area contributed by atoms with Gasteiger partial charge in [0.15, 0.2) is 6.54 Å². The van der Waals surface area contributed by atoms with Gasteiger partial charge in [-0.3, -0.25) is 9.11 Å². The minimum Gasteiger partial charge on any atom is -0.334 e. The maximum Gasteiger partial charge on any atom is 0.265 e. The van der Waals surface area contributed by atoms with Gasteiger partial charge in [-0.05, 0) is 93.4 Å². The largest absolute Gasteiger partial charge is 0.334 e. The number of thiazole rings is 1. The Morgan fingerprint density at radius 2 is 1.58 bits per heavy atom. The van der Waals surface area contributed by atoms with Crippen molar-refractivity contribution in [2.45, 2.75) is 84.1 Å². The average Bonchev–Trinajstić information content (AvgIpc) is 3.50. The molecule has 0 spiro atoms. The number of benzene rings is 3. The van der Waals surface area contributed by atoms with Crippen molar-refractivity contribution in [2.24, 2.45) is 0 Å². The zero-order valence-corrected chi connectivity index (χ0v) is 33.9. The molecule has 52 heavy (non-hydrogen) atoms. The molecule has 1 aromatic heterocycles. The van der Waals surface area contributed by atoms with Crippen molar-refractivity contribution in [3.05, 3.63) is 81.3 Å². The van der Waals surface area contributed by atoms with Crippen LogP contribution in [-0.4, -0.2) is 68.5 Å². The minimum absolute atomic E-state index is 0.275. The Kier molecular flexibility index (Phi) is 14.0. The first kappa shape index (κ1) is 40.4. The zero-order valence-electron chi connectivity index (χ0n) is 30.7. The van der Waals surface area contributed by atoms with Crippen molar-refractivity contribution in [3.63, 3.8) is 0 Å². The van der Waals surface area contributed by atoms with Crippen molar-refractivity contribution in [1.82, 2.24) is 4.90 Å². The number of allylic oxidation sites excluding steroid dienone is 2. The summed E-state index contributed by atoms with van der Waals surface area (Å²) in [6, 6.07) is 16.7. The smallest absolute Gasteiger partial charge is 0.265 e. The Labute approximate surface area is 317 Å². The lowest BCUT2D eigenvalue weighted by Gasteiger charge is -2.22. The highest BCUT2D eigenvalue weighted by Gasteiger charge is 2.29. The summed E-state index contributed by atoms with van der Waals surface area (Å²) in [6.07, 6.45) is 10.4. The van der Waals surface area contributed by atoms with Gasteiger partial charge in [0.2, 0.25) is 5.52 Å². The first-order chi connectivity index (χ1) is 24.8. The normalized spacial score (nSPS) is 15.9. The molecule has 4 aromatic rings. The molecule has 1 aliphatic carbocycles. The van der Waals surface area contributed by atoms with Gasteiger partial charge in [-0.2, -0.15) is 21.4 Å². The molecule has 1 aliphatic heterocycles. The SMILES string of the molecule is CC(/C=C1\Sc2ccc3ccccc3c2N1CCCS(=O)(=O)O)=C\c1sc2ccc3c(c2[n+]1CCCS(=O)(=O)O)CCCCC3.CCN(CC)CC. The van der Waals surface area contributed by atoms with Crippen LogP contribution in [0.1, 0.15) is 75.9 Å². The van der Waals surface area contributed by atoms with Gasteiger partial charge in [0, 0.05) is 34.9 Å². The predicted molar refractivity (Wildman–Crippen MR) is 218 cm³/mol. The standard InChI is InChI=1S/C33H36N2O6S4.C6H15N/c1-23(22-31-35(18-8-20-45(39,40)41)33-27-12-6-5-10-25(27)14-16-29(33)43-31)21-30-34(17-7-19-44(36,37)38)32-26-11-4-2-3-9-24(26)13-15-28(32)42-30;1-4-7(5-2)6-3/h5-6,10,12-16,21-22H,2-4,7-9,11,17-20H2,1H3,(H-,36,37,38,39,40,41);4-6H2,1-3H3/p+1. The lowest BCUT2D eigenvalue weighted by molar-refractivity contribution is -0.668. The first-order valence-electron chi connectivity index (χ1n) is 18.3. The Bertz CT molecular complexity index is 2150. The number of anilines is 1. The number of nitrogens with zero attached hydrogens (tertiary/aromatic N) is 3. The van der Waals surface area contributed by atoms with E-state index < -0.39 is 20.2 Å². The van der Waals surface area contributed by atoms with Crippen molar-refractivity contribution in [3.8, 4) is 0 Å². The fourth-order valence-electron chi connectivity index (χ4n) is 7.06. The topological polar surface area (TPSA) is 119 Å². The number of fused-ring (bicyclic) bond motifs is 6. The Balaban J connectivity index is 0.000000679. The van der Waals surface area contributed by atoms with E-state index in [1.54, 1.807) is 23.1 Å². The highest BCUT2D eigenvalue weighted by atomic mass is 32.2. The molecule has 0 bridgehead atoms. The van der Waals surface area contributed by atoms with Crippen LogP contribution in [0.4, 0.5) is 5.69 Å². The molecule has 0 radical (unpaired) electrons. The average molecular weight is 787 g/mol. The summed E-state index contributed by atoms with van der Waals surface area (Å²) in [5, 5.41) is 4.16. The molecule has 0 atom stereocenters. The summed E-state index contributed by atoms with van der Waals surface area (Å²) in [5.74, 6) is -0.605. The minimum atomic E-state index is -4.08. The molecule has 282 valence electrons. The fraction of sp³-hybridized carbons (Fsp3) is 0.462. The van der Waals surface area contributed by atoms with Crippen molar-refractivity contribution in [1.29, 1.82) is 0 Å². The maximum absolute atomic E-state index is 11.6. The molecule has 13 heteroatoms. The van der Waals surface area contributed by atoms with Crippen LogP contribution in [0.25, 0.3) is 27.1 Å². The summed E-state index contributed by atoms with van der Waals surface area (Å²) in [5.41, 5.74) is 5.92. The van der Waals surface area contributed by atoms with Crippen LogP contribution in [0, 0.1) is 0 Å². The van der Waals surface area contributed by atoms with Crippen LogP contribution in [0.15, 0.2) is 70.1 Å². The maximum atomic E-state index is 11.6. The second-order valence-corrected chi connectivity index (χ2v) is 18.6. The molecule has 2 aliphatic rings. The van der Waals surface area contributed by atoms with E-state index in [1.807, 2.05) is 19.1 Å². The Morgan fingerprint density at radius 1 is 0.885 bits per heavy atom. The van der Waals surface area contributed by atoms with E-state index in [2.05, 4.69) is 83.7 Å². The molecule has 2 heterocycles. The third-order valence-electron chi connectivity index (χ3n) is 9.69. The number of rotatable bonds is 13. The molecule has 6 rings (SSSR count). The molecule has 0 amide bonds. The highest BCUT2D eigenvalue weighted by Crippen LogP contribution is 2.50. The first-order valence-corrected chi connectivity index (χ1v) is 23.1. The number of hydrogen-bond acceptors (Lipinski definition) is 8. The lowest BCUT2D eigenvalue weighted by atomic mass is 10.0. The van der Waals surface area contributed by atoms with Crippen LogP contribution < -0.4 is 9.47 Å². The number of thioether (sulfide) groups is 1. The molecular weight excluding hydrogens is 735 g/mol. The van der Waals surface area contributed by atoms with E-state index >= 15 is 0 Å². The van der Waals surface area contributed by atoms with E-state index in [-0.39, 0.29) is 17.9 Å². The molecule has 9 nitrogen and oxygen atoms in total. The van der Waals surface area contributed by atoms with Crippen molar-refractivity contribution >= 4 is 76.1 Å². The van der Waals surface area contributed by atoms with Crippen LogP contribution >= 0.6 is 23.1 Å². The zero-order chi connectivity index (χ0) is 37.5. The highest BCUT2D eigenvalue weighted by molar-refractivity contribution is 8.03. The lowest BCUT2D eigenvalue weighted by Crippen LogP contribution is -2.37. The van der Waals surface area contributed by atoms with Gasteiger partial charge in [0.25, 0.3) is 25.2 Å². The van der Waals surface area contributed by atoms with Crippen LogP contribution in [0.5, 0.6) is 0 Å². The van der Waals surface area contributed by atoms with Crippen LogP contribution in [0.3, 0.4) is 0 Å². The van der Waals surface area contributed by atoms with Gasteiger partial charge in [-0.1, -0.05) is 86.7 Å². The second kappa shape index (κ2) is 18.0. The Morgan fingerprint density at radius 3 is 2.27 bits per heavy atom. The third-order valence-corrected chi connectivity index (χ3v) is 13.5. The van der Waals surface area contributed by atoms with E-state index in [4.69, 9.17) is 0 Å². The van der Waals surface area contributed by atoms with E-state index in [0.717, 1.165) is 60.9 Å². The van der Waals surface area contributed by atoms with Gasteiger partial charge < -0.3 is 9.80 Å². The summed E-state index contributed by atoms with van der Waals surface area (Å²) in [7, 11) is -8.15. The van der Waals surface area contributed by atoms with Gasteiger partial charge >= 0.3 is 0 Å². The second-order valence-electron chi connectivity index (χ2n) is 13.4. The van der Waals surface area contributed by atoms with Gasteiger partial charge in [0.1, 0.15) is 4.70 Å². The molecule has 0 fully saturated rings. The number of hydrogen-bond donors (Lipinski definition) is 2. The Hall–Kier alpha value is -2.78. The molecule has 2 N–H and O–H groups in total. The summed E-state index contributed by atoms with van der Waals surface area (Å²) < 4.78 is 68.4. The van der Waals surface area contributed by atoms with Gasteiger partial charge in [-0.25, -0.2) is 0 Å². The predicted octanol–water partition coefficient (Wildman–Crippen LogP) is 8.37. The van der Waals surface area contributed by atoms with Crippen LogP contribution in [0.2, 0.25) is 0 Å². The van der Waals surface area contributed by atoms with E-state index in [1.165, 1.54) is 49.1 Å². The van der Waals surface area contributed by atoms with E-state index in [9.17, 15) is 25.9 Å². The molecule has 0 unspecified atom stereocenters. The summed E-state index contributed by atoms with van der Waals surface area (Å²) in [6.45, 7) is 13.1. The quantitative estimate of drug-likeness (QED) is 0.0783. The van der Waals surface area contributed by atoms with Gasteiger partial charge in [-0.15, -0.1) is 0 Å². The van der Waals surface area contributed by atoms with Crippen LogP contribution in [-0.2, 0) is 39.6 Å². The molecule has 3 aromatic carbocycles. The third kappa shape index (κ3) is 10.5. The molecular formula is C39H52N3O6S4+.